The topological polar surface area (TPSA) is 32.3 Å². The highest BCUT2D eigenvalue weighted by molar-refractivity contribution is 7.08. The Morgan fingerprint density at radius 3 is 2.69 bits per heavy atom. The highest BCUT2D eigenvalue weighted by Gasteiger charge is 2.10. The smallest absolute Gasteiger partial charge is 0.236 e. The Labute approximate surface area is 101 Å². The molecule has 0 unspecified atom stereocenters. The van der Waals surface area contributed by atoms with Crippen LogP contribution in [0.2, 0.25) is 0 Å². The van der Waals surface area contributed by atoms with Crippen LogP contribution in [0.25, 0.3) is 0 Å². The number of thiophene rings is 1. The van der Waals surface area contributed by atoms with E-state index in [1.54, 1.807) is 16.2 Å². The number of likely N-dealkylation sites (N-methyl/N-ethyl adjacent to an activating group) is 1. The molecular formula is C12H20N2OS. The molecule has 4 heteroatoms. The standard InChI is InChI=1S/C12H20N2OS/c1-9(2)14(4)12(15)6-13-5-11-8-16-7-10(11)3/h7-9,13H,5-6H2,1-4H3. The molecule has 1 rings (SSSR count). The summed E-state index contributed by atoms with van der Waals surface area (Å²) in [4.78, 5) is 13.4. The summed E-state index contributed by atoms with van der Waals surface area (Å²) in [5.74, 6) is 0.142. The fourth-order valence-electron chi connectivity index (χ4n) is 1.28. The second-order valence-electron chi connectivity index (χ2n) is 4.28. The Kier molecular flexibility index (Phi) is 4.96. The minimum absolute atomic E-state index is 0.142. The van der Waals surface area contributed by atoms with Crippen molar-refractivity contribution < 1.29 is 4.79 Å². The van der Waals surface area contributed by atoms with Crippen LogP contribution in [0, 0.1) is 6.92 Å². The Morgan fingerprint density at radius 2 is 2.19 bits per heavy atom. The van der Waals surface area contributed by atoms with E-state index >= 15 is 0 Å². The van der Waals surface area contributed by atoms with Gasteiger partial charge in [-0.15, -0.1) is 0 Å². The van der Waals surface area contributed by atoms with Crippen LogP contribution in [-0.2, 0) is 11.3 Å². The van der Waals surface area contributed by atoms with E-state index in [1.807, 2.05) is 20.9 Å². The summed E-state index contributed by atoms with van der Waals surface area (Å²) >= 11 is 1.70. The number of carbonyl (C=O) groups is 1. The van der Waals surface area contributed by atoms with Crippen LogP contribution in [0.4, 0.5) is 0 Å². The first-order valence-corrected chi connectivity index (χ1v) is 6.44. The lowest BCUT2D eigenvalue weighted by molar-refractivity contribution is -0.130. The van der Waals surface area contributed by atoms with Gasteiger partial charge in [-0.05, 0) is 42.7 Å². The number of nitrogens with zero attached hydrogens (tertiary/aromatic N) is 1. The van der Waals surface area contributed by atoms with E-state index in [1.165, 1.54) is 11.1 Å². The molecule has 16 heavy (non-hydrogen) atoms. The Balaban J connectivity index is 2.31. The first kappa shape index (κ1) is 13.2. The molecule has 3 nitrogen and oxygen atoms in total. The quantitative estimate of drug-likeness (QED) is 0.854. The van der Waals surface area contributed by atoms with Gasteiger partial charge in [-0.3, -0.25) is 4.79 Å². The van der Waals surface area contributed by atoms with E-state index in [9.17, 15) is 4.79 Å². The van der Waals surface area contributed by atoms with Gasteiger partial charge in [0.2, 0.25) is 5.91 Å². The number of amides is 1. The van der Waals surface area contributed by atoms with E-state index in [0.717, 1.165) is 6.54 Å². The molecule has 1 aromatic rings. The maximum Gasteiger partial charge on any atom is 0.236 e. The van der Waals surface area contributed by atoms with Gasteiger partial charge >= 0.3 is 0 Å². The molecule has 1 N–H and O–H groups in total. The van der Waals surface area contributed by atoms with Crippen molar-refractivity contribution in [3.05, 3.63) is 21.9 Å². The molecular weight excluding hydrogens is 220 g/mol. The molecule has 1 aromatic heterocycles. The summed E-state index contributed by atoms with van der Waals surface area (Å²) in [6.45, 7) is 7.30. The average molecular weight is 240 g/mol. The van der Waals surface area contributed by atoms with Crippen molar-refractivity contribution in [1.82, 2.24) is 10.2 Å². The number of carbonyl (C=O) groups excluding carboxylic acids is 1. The van der Waals surface area contributed by atoms with Gasteiger partial charge < -0.3 is 10.2 Å². The molecule has 0 aliphatic heterocycles. The number of rotatable bonds is 5. The normalized spacial score (nSPS) is 10.8. The van der Waals surface area contributed by atoms with Crippen molar-refractivity contribution >= 4 is 17.2 Å². The predicted molar refractivity (Wildman–Crippen MR) is 68.7 cm³/mol. The molecule has 0 bridgehead atoms. The van der Waals surface area contributed by atoms with E-state index in [-0.39, 0.29) is 11.9 Å². The highest BCUT2D eigenvalue weighted by Crippen LogP contribution is 2.12. The Bertz CT molecular complexity index is 347. The van der Waals surface area contributed by atoms with Crippen LogP contribution in [0.15, 0.2) is 10.8 Å². The highest BCUT2D eigenvalue weighted by atomic mass is 32.1. The van der Waals surface area contributed by atoms with Crippen LogP contribution < -0.4 is 5.32 Å². The average Bonchev–Trinajstić information content (AvgIpc) is 2.63. The van der Waals surface area contributed by atoms with Crippen molar-refractivity contribution in [2.75, 3.05) is 13.6 Å². The van der Waals surface area contributed by atoms with Gasteiger partial charge in [0, 0.05) is 19.6 Å². The van der Waals surface area contributed by atoms with Crippen LogP contribution in [0.5, 0.6) is 0 Å². The zero-order chi connectivity index (χ0) is 12.1. The Hall–Kier alpha value is -0.870. The third-order valence-electron chi connectivity index (χ3n) is 2.72. The number of nitrogens with one attached hydrogen (secondary N) is 1. The van der Waals surface area contributed by atoms with Gasteiger partial charge in [0.15, 0.2) is 0 Å². The molecule has 0 radical (unpaired) electrons. The lowest BCUT2D eigenvalue weighted by Gasteiger charge is -2.21. The Morgan fingerprint density at radius 1 is 1.50 bits per heavy atom. The molecule has 0 spiro atoms. The zero-order valence-electron chi connectivity index (χ0n) is 10.4. The van der Waals surface area contributed by atoms with Crippen molar-refractivity contribution in [2.24, 2.45) is 0 Å². The van der Waals surface area contributed by atoms with Gasteiger partial charge in [-0.25, -0.2) is 0 Å². The minimum Gasteiger partial charge on any atom is -0.342 e. The molecule has 0 saturated carbocycles. The van der Waals surface area contributed by atoms with E-state index in [0.29, 0.717) is 6.54 Å². The maximum atomic E-state index is 11.7. The molecule has 1 amide bonds. The number of hydrogen-bond acceptors (Lipinski definition) is 3. The fraction of sp³-hybridized carbons (Fsp3) is 0.583. The van der Waals surface area contributed by atoms with Crippen LogP contribution in [0.1, 0.15) is 25.0 Å². The summed E-state index contributed by atoms with van der Waals surface area (Å²) in [6.07, 6.45) is 0. The van der Waals surface area contributed by atoms with Crippen molar-refractivity contribution in [3.63, 3.8) is 0 Å². The lowest BCUT2D eigenvalue weighted by atomic mass is 10.2. The second-order valence-corrected chi connectivity index (χ2v) is 5.03. The first-order valence-electron chi connectivity index (χ1n) is 5.50. The van der Waals surface area contributed by atoms with E-state index in [2.05, 4.69) is 23.0 Å². The third kappa shape index (κ3) is 3.61. The largest absolute Gasteiger partial charge is 0.342 e. The molecule has 0 aromatic carbocycles. The van der Waals surface area contributed by atoms with E-state index < -0.39 is 0 Å². The molecule has 1 heterocycles. The summed E-state index contributed by atoms with van der Waals surface area (Å²) in [6, 6.07) is 0.261. The van der Waals surface area contributed by atoms with Gasteiger partial charge in [-0.1, -0.05) is 0 Å². The van der Waals surface area contributed by atoms with Gasteiger partial charge in [0.1, 0.15) is 0 Å². The predicted octanol–water partition coefficient (Wildman–Crippen LogP) is 2.01. The molecule has 0 aliphatic carbocycles. The van der Waals surface area contributed by atoms with Gasteiger partial charge in [0.25, 0.3) is 0 Å². The van der Waals surface area contributed by atoms with Crippen molar-refractivity contribution in [2.45, 2.75) is 33.4 Å². The maximum absolute atomic E-state index is 11.7. The van der Waals surface area contributed by atoms with Crippen LogP contribution in [-0.4, -0.2) is 30.4 Å². The molecule has 0 saturated heterocycles. The third-order valence-corrected chi connectivity index (χ3v) is 3.63. The molecule has 0 atom stereocenters. The van der Waals surface area contributed by atoms with Crippen molar-refractivity contribution in [3.8, 4) is 0 Å². The fourth-order valence-corrected chi connectivity index (χ4v) is 2.14. The monoisotopic (exact) mass is 240 g/mol. The van der Waals surface area contributed by atoms with Crippen LogP contribution >= 0.6 is 11.3 Å². The van der Waals surface area contributed by atoms with Gasteiger partial charge in [0.05, 0.1) is 6.54 Å². The summed E-state index contributed by atoms with van der Waals surface area (Å²) in [7, 11) is 1.84. The molecule has 0 fully saturated rings. The number of aryl methyl sites for hydroxylation is 1. The van der Waals surface area contributed by atoms with E-state index in [4.69, 9.17) is 0 Å². The summed E-state index contributed by atoms with van der Waals surface area (Å²) in [5.41, 5.74) is 2.58. The lowest BCUT2D eigenvalue weighted by Crippen LogP contribution is -2.39. The second kappa shape index (κ2) is 6.01. The van der Waals surface area contributed by atoms with Crippen LogP contribution in [0.3, 0.4) is 0 Å². The first-order chi connectivity index (χ1) is 7.52. The minimum atomic E-state index is 0.142. The summed E-state index contributed by atoms with van der Waals surface area (Å²) < 4.78 is 0. The van der Waals surface area contributed by atoms with Gasteiger partial charge in [-0.2, -0.15) is 11.3 Å². The zero-order valence-corrected chi connectivity index (χ0v) is 11.2. The molecule has 90 valence electrons. The molecule has 0 aliphatic rings. The number of hydrogen-bond donors (Lipinski definition) is 1. The SMILES string of the molecule is Cc1cscc1CNCC(=O)N(C)C(C)C. The van der Waals surface area contributed by atoms with Crippen molar-refractivity contribution in [1.29, 1.82) is 0 Å². The summed E-state index contributed by atoms with van der Waals surface area (Å²) in [5, 5.41) is 7.43.